The first-order valence-corrected chi connectivity index (χ1v) is 10.6. The molecule has 0 spiro atoms. The fraction of sp³-hybridized carbons (Fsp3) is 0.368. The number of hydrogen-bond acceptors (Lipinski definition) is 1. The Kier molecular flexibility index (Phi) is 4.34. The molecule has 0 saturated heterocycles. The average molecular weight is 350 g/mol. The van der Waals surface area contributed by atoms with Crippen molar-refractivity contribution in [2.75, 3.05) is 0 Å². The maximum absolute atomic E-state index is 13.2. The SMILES string of the molecule is CC[Si]1(CC)O[C@H](c2ccccc2C)c2cc(C(F)(F)F)ccc21. The minimum absolute atomic E-state index is 0.393. The van der Waals surface area contributed by atoms with Crippen molar-refractivity contribution in [1.29, 1.82) is 0 Å². The molecule has 1 nitrogen and oxygen atoms in total. The lowest BCUT2D eigenvalue weighted by atomic mass is 9.96. The van der Waals surface area contributed by atoms with Gasteiger partial charge in [0, 0.05) is 0 Å². The van der Waals surface area contributed by atoms with Crippen molar-refractivity contribution in [3.63, 3.8) is 0 Å². The molecule has 1 aliphatic heterocycles. The minimum Gasteiger partial charge on any atom is -0.401 e. The van der Waals surface area contributed by atoms with Crippen LogP contribution in [0.1, 0.15) is 42.2 Å². The van der Waals surface area contributed by atoms with E-state index in [1.165, 1.54) is 12.1 Å². The van der Waals surface area contributed by atoms with E-state index in [4.69, 9.17) is 4.43 Å². The number of rotatable bonds is 3. The molecule has 0 bridgehead atoms. The highest BCUT2D eigenvalue weighted by atomic mass is 28.4. The Labute approximate surface area is 141 Å². The molecule has 2 aromatic carbocycles. The Morgan fingerprint density at radius 3 is 2.25 bits per heavy atom. The van der Waals surface area contributed by atoms with E-state index in [0.717, 1.165) is 28.4 Å². The lowest BCUT2D eigenvalue weighted by molar-refractivity contribution is -0.137. The molecule has 0 fully saturated rings. The van der Waals surface area contributed by atoms with Crippen LogP contribution in [0.2, 0.25) is 12.1 Å². The van der Waals surface area contributed by atoms with Crippen LogP contribution in [0.5, 0.6) is 0 Å². The molecule has 3 rings (SSSR count). The molecule has 5 heteroatoms. The lowest BCUT2D eigenvalue weighted by Crippen LogP contribution is -2.45. The van der Waals surface area contributed by atoms with Crippen LogP contribution < -0.4 is 5.19 Å². The van der Waals surface area contributed by atoms with Crippen molar-refractivity contribution in [2.45, 2.75) is 45.1 Å². The van der Waals surface area contributed by atoms with Gasteiger partial charge in [0.25, 0.3) is 0 Å². The van der Waals surface area contributed by atoms with Crippen molar-refractivity contribution in [3.8, 4) is 0 Å². The van der Waals surface area contributed by atoms with Gasteiger partial charge in [-0.25, -0.2) is 0 Å². The van der Waals surface area contributed by atoms with E-state index >= 15 is 0 Å². The third-order valence-corrected chi connectivity index (χ3v) is 9.52. The van der Waals surface area contributed by atoms with E-state index in [-0.39, 0.29) is 0 Å². The second kappa shape index (κ2) is 6.04. The van der Waals surface area contributed by atoms with E-state index in [2.05, 4.69) is 13.8 Å². The molecule has 0 aromatic heterocycles. The zero-order valence-electron chi connectivity index (χ0n) is 14.1. The van der Waals surface area contributed by atoms with E-state index in [9.17, 15) is 13.2 Å². The number of halogens is 3. The van der Waals surface area contributed by atoms with Crippen LogP contribution in [-0.4, -0.2) is 8.32 Å². The average Bonchev–Trinajstić information content (AvgIpc) is 2.89. The molecule has 1 aliphatic rings. The molecule has 0 N–H and O–H groups in total. The Balaban J connectivity index is 2.20. The quantitative estimate of drug-likeness (QED) is 0.680. The summed E-state index contributed by atoms with van der Waals surface area (Å²) in [6.07, 6.45) is -4.73. The molecule has 0 unspecified atom stereocenters. The molecule has 24 heavy (non-hydrogen) atoms. The summed E-state index contributed by atoms with van der Waals surface area (Å²) < 4.78 is 46.1. The second-order valence-electron chi connectivity index (χ2n) is 6.36. The van der Waals surface area contributed by atoms with Gasteiger partial charge in [0.15, 0.2) is 0 Å². The first-order valence-electron chi connectivity index (χ1n) is 8.27. The number of hydrogen-bond donors (Lipinski definition) is 0. The Morgan fingerprint density at radius 2 is 1.67 bits per heavy atom. The summed E-state index contributed by atoms with van der Waals surface area (Å²) in [5.74, 6) is 0. The summed E-state index contributed by atoms with van der Waals surface area (Å²) in [4.78, 5) is 0. The number of benzene rings is 2. The lowest BCUT2D eigenvalue weighted by Gasteiger charge is -2.25. The predicted octanol–water partition coefficient (Wildman–Crippen LogP) is 5.33. The van der Waals surface area contributed by atoms with Crippen molar-refractivity contribution in [2.24, 2.45) is 0 Å². The Hall–Kier alpha value is -1.59. The van der Waals surface area contributed by atoms with Gasteiger partial charge in [-0.15, -0.1) is 0 Å². The van der Waals surface area contributed by atoms with Gasteiger partial charge in [-0.2, -0.15) is 13.2 Å². The van der Waals surface area contributed by atoms with Crippen LogP contribution in [0, 0.1) is 6.92 Å². The molecule has 0 amide bonds. The standard InChI is InChI=1S/C19H21F3OSi/c1-4-24(5-2)17-11-10-14(19(20,21)22)12-16(17)18(23-24)15-9-7-6-8-13(15)3/h6-12,18H,4-5H2,1-3H3/t18-/m1/s1. The van der Waals surface area contributed by atoms with Crippen LogP contribution in [0.4, 0.5) is 13.2 Å². The maximum atomic E-state index is 13.2. The maximum Gasteiger partial charge on any atom is 0.416 e. The van der Waals surface area contributed by atoms with E-state index in [0.29, 0.717) is 5.56 Å². The monoisotopic (exact) mass is 350 g/mol. The predicted molar refractivity (Wildman–Crippen MR) is 91.9 cm³/mol. The van der Waals surface area contributed by atoms with Crippen molar-refractivity contribution < 1.29 is 17.6 Å². The van der Waals surface area contributed by atoms with E-state index < -0.39 is 26.2 Å². The van der Waals surface area contributed by atoms with Gasteiger partial charge >= 0.3 is 6.18 Å². The van der Waals surface area contributed by atoms with Gasteiger partial charge in [-0.3, -0.25) is 0 Å². The van der Waals surface area contributed by atoms with Crippen LogP contribution in [0.15, 0.2) is 42.5 Å². The van der Waals surface area contributed by atoms with Crippen LogP contribution in [-0.2, 0) is 10.6 Å². The van der Waals surface area contributed by atoms with Crippen molar-refractivity contribution in [1.82, 2.24) is 0 Å². The summed E-state index contributed by atoms with van der Waals surface area (Å²) in [6, 6.07) is 13.7. The molecule has 0 aliphatic carbocycles. The molecule has 2 aromatic rings. The van der Waals surface area contributed by atoms with Gasteiger partial charge in [0.2, 0.25) is 8.32 Å². The summed E-state index contributed by atoms with van der Waals surface area (Å²) in [5, 5.41) is 1.02. The molecule has 128 valence electrons. The van der Waals surface area contributed by atoms with Crippen molar-refractivity contribution in [3.05, 3.63) is 64.7 Å². The van der Waals surface area contributed by atoms with Crippen LogP contribution in [0.3, 0.4) is 0 Å². The van der Waals surface area contributed by atoms with E-state index in [1.54, 1.807) is 6.07 Å². The molecule has 1 atom stereocenters. The highest BCUT2D eigenvalue weighted by Crippen LogP contribution is 2.41. The minimum atomic E-state index is -4.34. The first kappa shape index (κ1) is 17.2. The second-order valence-corrected chi connectivity index (χ2v) is 10.5. The van der Waals surface area contributed by atoms with Gasteiger partial charge in [0.05, 0.1) is 11.7 Å². The number of aryl methyl sites for hydroxylation is 1. The zero-order valence-corrected chi connectivity index (χ0v) is 15.1. The number of alkyl halides is 3. The molecular formula is C19H21F3OSi. The normalized spacial score (nSPS) is 19.3. The largest absolute Gasteiger partial charge is 0.416 e. The first-order chi connectivity index (χ1) is 11.3. The summed E-state index contributed by atoms with van der Waals surface area (Å²) in [6.45, 7) is 6.14. The van der Waals surface area contributed by atoms with Crippen molar-refractivity contribution >= 4 is 13.5 Å². The summed E-state index contributed by atoms with van der Waals surface area (Å²) in [7, 11) is -2.22. The van der Waals surface area contributed by atoms with Gasteiger partial charge in [0.1, 0.15) is 0 Å². The van der Waals surface area contributed by atoms with Crippen LogP contribution in [0.25, 0.3) is 0 Å². The van der Waals surface area contributed by atoms with Gasteiger partial charge < -0.3 is 4.43 Å². The van der Waals surface area contributed by atoms with Gasteiger partial charge in [-0.1, -0.05) is 50.2 Å². The Bertz CT molecular complexity index is 751. The molecule has 0 saturated carbocycles. The third-order valence-electron chi connectivity index (χ3n) is 5.11. The highest BCUT2D eigenvalue weighted by molar-refractivity contribution is 6.87. The topological polar surface area (TPSA) is 9.23 Å². The van der Waals surface area contributed by atoms with E-state index in [1.807, 2.05) is 31.2 Å². The number of fused-ring (bicyclic) bond motifs is 1. The summed E-state index contributed by atoms with van der Waals surface area (Å²) in [5.41, 5.74) is 2.12. The summed E-state index contributed by atoms with van der Waals surface area (Å²) >= 11 is 0. The van der Waals surface area contributed by atoms with Gasteiger partial charge in [-0.05, 0) is 47.0 Å². The smallest absolute Gasteiger partial charge is 0.401 e. The zero-order chi connectivity index (χ0) is 17.5. The molecule has 1 heterocycles. The Morgan fingerprint density at radius 1 is 1.00 bits per heavy atom. The fourth-order valence-electron chi connectivity index (χ4n) is 3.63. The third kappa shape index (κ3) is 2.69. The molecular weight excluding hydrogens is 329 g/mol. The van der Waals surface area contributed by atoms with Crippen LogP contribution >= 0.6 is 0 Å². The fourth-order valence-corrected chi connectivity index (χ4v) is 7.18. The highest BCUT2D eigenvalue weighted by Gasteiger charge is 2.47. The molecule has 0 radical (unpaired) electrons.